The average Bonchev–Trinajstić information content (AvgIpc) is 2.42. The van der Waals surface area contributed by atoms with Crippen molar-refractivity contribution < 1.29 is 4.79 Å². The summed E-state index contributed by atoms with van der Waals surface area (Å²) < 4.78 is 1.72. The first kappa shape index (κ1) is 10.7. The summed E-state index contributed by atoms with van der Waals surface area (Å²) >= 11 is 0. The number of nitrogens with one attached hydrogen (secondary N) is 1. The summed E-state index contributed by atoms with van der Waals surface area (Å²) in [5, 5.41) is 6.82. The van der Waals surface area contributed by atoms with Gasteiger partial charge in [-0.15, -0.1) is 0 Å². The van der Waals surface area contributed by atoms with Crippen LogP contribution in [0.2, 0.25) is 0 Å². The molecular formula is C9H16N4O. The summed E-state index contributed by atoms with van der Waals surface area (Å²) in [4.78, 5) is 11.3. The smallest absolute Gasteiger partial charge is 0.225 e. The lowest BCUT2D eigenvalue weighted by Crippen LogP contribution is -2.13. The fourth-order valence-electron chi connectivity index (χ4n) is 1.09. The summed E-state index contributed by atoms with van der Waals surface area (Å²) in [6.45, 7) is 2.47. The SMILES string of the molecule is Cc1cc(NC(=O)CCCN)nn1C. The van der Waals surface area contributed by atoms with Gasteiger partial charge in [-0.05, 0) is 19.9 Å². The van der Waals surface area contributed by atoms with Crippen LogP contribution in [0.5, 0.6) is 0 Å². The first-order chi connectivity index (χ1) is 6.63. The molecule has 0 bridgehead atoms. The van der Waals surface area contributed by atoms with Crippen LogP contribution in [0.15, 0.2) is 6.07 Å². The van der Waals surface area contributed by atoms with Gasteiger partial charge in [0.15, 0.2) is 5.82 Å². The third kappa shape index (κ3) is 2.85. The molecular weight excluding hydrogens is 180 g/mol. The Morgan fingerprint density at radius 2 is 2.43 bits per heavy atom. The van der Waals surface area contributed by atoms with Crippen LogP contribution in [0.25, 0.3) is 0 Å². The zero-order valence-electron chi connectivity index (χ0n) is 8.58. The second-order valence-corrected chi connectivity index (χ2v) is 3.23. The molecule has 78 valence electrons. The van der Waals surface area contributed by atoms with Crippen molar-refractivity contribution in [2.75, 3.05) is 11.9 Å². The summed E-state index contributed by atoms with van der Waals surface area (Å²) in [5.74, 6) is 0.570. The molecule has 0 aliphatic heterocycles. The molecule has 1 amide bonds. The van der Waals surface area contributed by atoms with Crippen LogP contribution in [0.1, 0.15) is 18.5 Å². The zero-order chi connectivity index (χ0) is 10.6. The third-order valence-corrected chi connectivity index (χ3v) is 1.99. The van der Waals surface area contributed by atoms with Gasteiger partial charge in [0.1, 0.15) is 0 Å². The lowest BCUT2D eigenvalue weighted by atomic mass is 10.3. The van der Waals surface area contributed by atoms with Gasteiger partial charge in [0.05, 0.1) is 0 Å². The fraction of sp³-hybridized carbons (Fsp3) is 0.556. The first-order valence-electron chi connectivity index (χ1n) is 4.64. The third-order valence-electron chi connectivity index (χ3n) is 1.99. The highest BCUT2D eigenvalue weighted by molar-refractivity contribution is 5.89. The van der Waals surface area contributed by atoms with Gasteiger partial charge in [-0.1, -0.05) is 0 Å². The van der Waals surface area contributed by atoms with Crippen LogP contribution in [0.4, 0.5) is 5.82 Å². The van der Waals surface area contributed by atoms with Gasteiger partial charge in [-0.25, -0.2) is 0 Å². The molecule has 0 spiro atoms. The highest BCUT2D eigenvalue weighted by atomic mass is 16.1. The molecule has 0 aromatic carbocycles. The summed E-state index contributed by atoms with van der Waals surface area (Å²) in [5.41, 5.74) is 6.31. The van der Waals surface area contributed by atoms with Gasteiger partial charge in [0.2, 0.25) is 5.91 Å². The Bertz CT molecular complexity index is 299. The van der Waals surface area contributed by atoms with E-state index in [0.717, 1.165) is 5.69 Å². The molecule has 1 aromatic heterocycles. The molecule has 3 N–H and O–H groups in total. The average molecular weight is 196 g/mol. The van der Waals surface area contributed by atoms with Gasteiger partial charge in [0.25, 0.3) is 0 Å². The molecule has 1 heterocycles. The van der Waals surface area contributed by atoms with E-state index in [4.69, 9.17) is 5.73 Å². The molecule has 0 aliphatic rings. The minimum atomic E-state index is -0.0337. The highest BCUT2D eigenvalue weighted by Gasteiger charge is 2.05. The highest BCUT2D eigenvalue weighted by Crippen LogP contribution is 2.07. The topological polar surface area (TPSA) is 72.9 Å². The van der Waals surface area contributed by atoms with Gasteiger partial charge in [0, 0.05) is 25.2 Å². The van der Waals surface area contributed by atoms with Crippen LogP contribution < -0.4 is 11.1 Å². The van der Waals surface area contributed by atoms with Crippen LogP contribution >= 0.6 is 0 Å². The molecule has 5 nitrogen and oxygen atoms in total. The number of amides is 1. The number of aryl methyl sites for hydroxylation is 2. The van der Waals surface area contributed by atoms with Crippen molar-refractivity contribution in [2.45, 2.75) is 19.8 Å². The lowest BCUT2D eigenvalue weighted by molar-refractivity contribution is -0.116. The monoisotopic (exact) mass is 196 g/mol. The standard InChI is InChI=1S/C9H16N4O/c1-7-6-8(12-13(7)2)11-9(14)4-3-5-10/h6H,3-5,10H2,1-2H3,(H,11,12,14). The summed E-state index contributed by atoms with van der Waals surface area (Å²) in [7, 11) is 1.84. The molecule has 0 aliphatic carbocycles. The molecule has 14 heavy (non-hydrogen) atoms. The number of rotatable bonds is 4. The van der Waals surface area contributed by atoms with E-state index in [-0.39, 0.29) is 5.91 Å². The Morgan fingerprint density at radius 1 is 1.71 bits per heavy atom. The summed E-state index contributed by atoms with van der Waals surface area (Å²) in [6.07, 6.45) is 1.16. The maximum Gasteiger partial charge on any atom is 0.225 e. The normalized spacial score (nSPS) is 10.2. The van der Waals surface area contributed by atoms with Crippen molar-refractivity contribution >= 4 is 11.7 Å². The van der Waals surface area contributed by atoms with Crippen molar-refractivity contribution in [1.82, 2.24) is 9.78 Å². The number of nitrogens with two attached hydrogens (primary N) is 1. The Balaban J connectivity index is 2.48. The van der Waals surface area contributed by atoms with Gasteiger partial charge in [-0.2, -0.15) is 5.10 Å². The van der Waals surface area contributed by atoms with Gasteiger partial charge in [-0.3, -0.25) is 9.48 Å². The van der Waals surface area contributed by atoms with E-state index in [1.807, 2.05) is 20.0 Å². The van der Waals surface area contributed by atoms with Crippen LogP contribution in [0.3, 0.4) is 0 Å². The molecule has 1 rings (SSSR count). The maximum atomic E-state index is 11.3. The Hall–Kier alpha value is -1.36. The predicted octanol–water partition coefficient (Wildman–Crippen LogP) is 0.406. The van der Waals surface area contributed by atoms with E-state index in [9.17, 15) is 4.79 Å². The fourth-order valence-corrected chi connectivity index (χ4v) is 1.09. The molecule has 1 aromatic rings. The number of hydrogen-bond acceptors (Lipinski definition) is 3. The Morgan fingerprint density at radius 3 is 2.93 bits per heavy atom. The Kier molecular flexibility index (Phi) is 3.64. The van der Waals surface area contributed by atoms with Crippen molar-refractivity contribution in [3.05, 3.63) is 11.8 Å². The van der Waals surface area contributed by atoms with Crippen molar-refractivity contribution in [3.8, 4) is 0 Å². The van der Waals surface area contributed by atoms with E-state index in [2.05, 4.69) is 10.4 Å². The zero-order valence-corrected chi connectivity index (χ0v) is 8.58. The van der Waals surface area contributed by atoms with Crippen molar-refractivity contribution in [3.63, 3.8) is 0 Å². The molecule has 0 saturated heterocycles. The van der Waals surface area contributed by atoms with E-state index >= 15 is 0 Å². The van der Waals surface area contributed by atoms with E-state index in [1.165, 1.54) is 0 Å². The van der Waals surface area contributed by atoms with E-state index < -0.39 is 0 Å². The molecule has 0 radical (unpaired) electrons. The van der Waals surface area contributed by atoms with Gasteiger partial charge >= 0.3 is 0 Å². The summed E-state index contributed by atoms with van der Waals surface area (Å²) in [6, 6.07) is 1.83. The quantitative estimate of drug-likeness (QED) is 0.732. The van der Waals surface area contributed by atoms with Gasteiger partial charge < -0.3 is 11.1 Å². The number of aromatic nitrogens is 2. The molecule has 0 unspecified atom stereocenters. The second kappa shape index (κ2) is 4.76. The number of anilines is 1. The van der Waals surface area contributed by atoms with Crippen LogP contribution in [-0.4, -0.2) is 22.2 Å². The van der Waals surface area contributed by atoms with E-state index in [1.54, 1.807) is 4.68 Å². The lowest BCUT2D eigenvalue weighted by Gasteiger charge is -1.99. The minimum absolute atomic E-state index is 0.0337. The van der Waals surface area contributed by atoms with Crippen molar-refractivity contribution in [1.29, 1.82) is 0 Å². The van der Waals surface area contributed by atoms with Crippen molar-refractivity contribution in [2.24, 2.45) is 12.8 Å². The predicted molar refractivity (Wildman–Crippen MR) is 54.9 cm³/mol. The number of carbonyl (C=O) groups is 1. The number of hydrogen-bond donors (Lipinski definition) is 2. The molecule has 0 atom stereocenters. The van der Waals surface area contributed by atoms with E-state index in [0.29, 0.717) is 25.2 Å². The number of nitrogens with zero attached hydrogens (tertiary/aromatic N) is 2. The molecule has 0 saturated carbocycles. The Labute approximate surface area is 83.3 Å². The number of carbonyl (C=O) groups excluding carboxylic acids is 1. The minimum Gasteiger partial charge on any atom is -0.330 e. The maximum absolute atomic E-state index is 11.3. The molecule has 0 fully saturated rings. The van der Waals surface area contributed by atoms with Crippen LogP contribution in [0, 0.1) is 6.92 Å². The second-order valence-electron chi connectivity index (χ2n) is 3.23. The van der Waals surface area contributed by atoms with Crippen LogP contribution in [-0.2, 0) is 11.8 Å². The molecule has 5 heteroatoms. The largest absolute Gasteiger partial charge is 0.330 e. The first-order valence-corrected chi connectivity index (χ1v) is 4.64.